The van der Waals surface area contributed by atoms with Crippen LogP contribution in [-0.4, -0.2) is 6.29 Å². The highest BCUT2D eigenvalue weighted by Crippen LogP contribution is 2.14. The molecule has 0 saturated carbocycles. The van der Waals surface area contributed by atoms with Crippen LogP contribution in [0.25, 0.3) is 6.08 Å². The first-order valence-corrected chi connectivity index (χ1v) is 6.11. The van der Waals surface area contributed by atoms with Crippen LogP contribution >= 0.6 is 11.6 Å². The number of hydrogen-bond donors (Lipinski definition) is 0. The molecule has 2 aromatic carbocycles. The first-order valence-electron chi connectivity index (χ1n) is 5.73. The molecule has 0 saturated heterocycles. The summed E-state index contributed by atoms with van der Waals surface area (Å²) in [6, 6.07) is 17.4. The maximum Gasteiger partial charge on any atom is 0.146 e. The summed E-state index contributed by atoms with van der Waals surface area (Å²) in [7, 11) is 0. The molecule has 0 N–H and O–H groups in total. The predicted molar refractivity (Wildman–Crippen MR) is 75.6 cm³/mol. The Hall–Kier alpha value is -1.86. The molecule has 0 aliphatic carbocycles. The van der Waals surface area contributed by atoms with Crippen LogP contribution in [0.3, 0.4) is 0 Å². The van der Waals surface area contributed by atoms with Gasteiger partial charge < -0.3 is 0 Å². The molecule has 0 atom stereocenters. The van der Waals surface area contributed by atoms with Crippen molar-refractivity contribution in [2.75, 3.05) is 0 Å². The van der Waals surface area contributed by atoms with Crippen LogP contribution in [0, 0.1) is 0 Å². The van der Waals surface area contributed by atoms with Crippen LogP contribution in [0.5, 0.6) is 0 Å². The molecule has 0 heterocycles. The van der Waals surface area contributed by atoms with Gasteiger partial charge in [-0.2, -0.15) is 0 Å². The lowest BCUT2D eigenvalue weighted by Gasteiger charge is -2.01. The van der Waals surface area contributed by atoms with Crippen molar-refractivity contribution in [1.29, 1.82) is 0 Å². The Morgan fingerprint density at radius 1 is 1.00 bits per heavy atom. The number of carbonyl (C=O) groups excluding carboxylic acids is 1. The largest absolute Gasteiger partial charge is 0.298 e. The molecule has 2 heteroatoms. The van der Waals surface area contributed by atoms with E-state index in [2.05, 4.69) is 0 Å². The van der Waals surface area contributed by atoms with Crippen LogP contribution in [0.1, 0.15) is 11.1 Å². The lowest BCUT2D eigenvalue weighted by atomic mass is 10.0. The zero-order valence-corrected chi connectivity index (χ0v) is 10.6. The maximum absolute atomic E-state index is 11.1. The highest BCUT2D eigenvalue weighted by molar-refractivity contribution is 6.30. The third-order valence-electron chi connectivity index (χ3n) is 2.62. The van der Waals surface area contributed by atoms with E-state index in [1.165, 1.54) is 0 Å². The summed E-state index contributed by atoms with van der Waals surface area (Å²) in [6.07, 6.45) is 3.44. The summed E-state index contributed by atoms with van der Waals surface area (Å²) in [5, 5.41) is 0.697. The zero-order chi connectivity index (χ0) is 12.8. The van der Waals surface area contributed by atoms with Crippen molar-refractivity contribution in [3.05, 3.63) is 76.3 Å². The van der Waals surface area contributed by atoms with Gasteiger partial charge in [0.15, 0.2) is 0 Å². The molecule has 0 aromatic heterocycles. The van der Waals surface area contributed by atoms with Crippen molar-refractivity contribution in [2.24, 2.45) is 0 Å². The Morgan fingerprint density at radius 3 is 2.28 bits per heavy atom. The van der Waals surface area contributed by atoms with E-state index in [4.69, 9.17) is 11.6 Å². The van der Waals surface area contributed by atoms with E-state index < -0.39 is 0 Å². The fraction of sp³-hybridized carbons (Fsp3) is 0.0625. The molecule has 0 bridgehead atoms. The number of halogens is 1. The van der Waals surface area contributed by atoms with Crippen molar-refractivity contribution < 1.29 is 4.79 Å². The standard InChI is InChI=1S/C16H13ClO/c17-16-8-6-14(7-9-16)11-15(12-18)10-13-4-2-1-3-5-13/h1-9,11-12H,10H2. The number of rotatable bonds is 4. The van der Waals surface area contributed by atoms with Gasteiger partial charge in [-0.3, -0.25) is 4.79 Å². The second-order valence-electron chi connectivity index (χ2n) is 4.05. The van der Waals surface area contributed by atoms with Crippen molar-refractivity contribution in [3.8, 4) is 0 Å². The van der Waals surface area contributed by atoms with E-state index in [0.29, 0.717) is 11.4 Å². The number of hydrogen-bond acceptors (Lipinski definition) is 1. The number of allylic oxidation sites excluding steroid dienone is 1. The summed E-state index contributed by atoms with van der Waals surface area (Å²) < 4.78 is 0. The Bertz CT molecular complexity index is 541. The summed E-state index contributed by atoms with van der Waals surface area (Å²) in [6.45, 7) is 0. The summed E-state index contributed by atoms with van der Waals surface area (Å²) in [4.78, 5) is 11.1. The van der Waals surface area contributed by atoms with E-state index in [9.17, 15) is 4.79 Å². The summed E-state index contributed by atoms with van der Waals surface area (Å²) >= 11 is 5.82. The summed E-state index contributed by atoms with van der Waals surface area (Å²) in [5.74, 6) is 0. The molecule has 0 aliphatic rings. The third-order valence-corrected chi connectivity index (χ3v) is 2.88. The SMILES string of the molecule is O=CC(=Cc1ccc(Cl)cc1)Cc1ccccc1. The average molecular weight is 257 g/mol. The second kappa shape index (κ2) is 6.18. The molecule has 2 aromatic rings. The first-order chi connectivity index (χ1) is 8.78. The number of carbonyl (C=O) groups is 1. The van der Waals surface area contributed by atoms with Gasteiger partial charge >= 0.3 is 0 Å². The molecule has 1 nitrogen and oxygen atoms in total. The lowest BCUT2D eigenvalue weighted by Crippen LogP contribution is -1.91. The first kappa shape index (κ1) is 12.6. The molecule has 0 unspecified atom stereocenters. The third kappa shape index (κ3) is 3.57. The van der Waals surface area contributed by atoms with E-state index in [1.54, 1.807) is 0 Å². The molecule has 18 heavy (non-hydrogen) atoms. The van der Waals surface area contributed by atoms with Crippen LogP contribution < -0.4 is 0 Å². The van der Waals surface area contributed by atoms with Gasteiger partial charge in [-0.05, 0) is 34.9 Å². The molecule has 2 rings (SSSR count). The Labute approximate surface area is 112 Å². The van der Waals surface area contributed by atoms with Gasteiger partial charge in [-0.1, -0.05) is 54.1 Å². The van der Waals surface area contributed by atoms with Crippen LogP contribution in [0.4, 0.5) is 0 Å². The van der Waals surface area contributed by atoms with Gasteiger partial charge in [0.25, 0.3) is 0 Å². The van der Waals surface area contributed by atoms with Gasteiger partial charge in [-0.25, -0.2) is 0 Å². The van der Waals surface area contributed by atoms with Crippen molar-refractivity contribution in [1.82, 2.24) is 0 Å². The molecule has 0 fully saturated rings. The van der Waals surface area contributed by atoms with Gasteiger partial charge in [0.2, 0.25) is 0 Å². The smallest absolute Gasteiger partial charge is 0.146 e. The van der Waals surface area contributed by atoms with Crippen molar-refractivity contribution in [3.63, 3.8) is 0 Å². The minimum Gasteiger partial charge on any atom is -0.298 e. The van der Waals surface area contributed by atoms with Crippen molar-refractivity contribution in [2.45, 2.75) is 6.42 Å². The Balaban J connectivity index is 2.18. The van der Waals surface area contributed by atoms with Crippen LogP contribution in [0.2, 0.25) is 5.02 Å². The molecule has 0 amide bonds. The quantitative estimate of drug-likeness (QED) is 0.593. The molecular formula is C16H13ClO. The van der Waals surface area contributed by atoms with Gasteiger partial charge in [0.05, 0.1) is 0 Å². The van der Waals surface area contributed by atoms with Gasteiger partial charge in [0.1, 0.15) is 6.29 Å². The van der Waals surface area contributed by atoms with Crippen LogP contribution in [0.15, 0.2) is 60.2 Å². The van der Waals surface area contributed by atoms with E-state index in [1.807, 2.05) is 60.7 Å². The second-order valence-corrected chi connectivity index (χ2v) is 4.49. The number of aldehydes is 1. The van der Waals surface area contributed by atoms with Crippen molar-refractivity contribution >= 4 is 24.0 Å². The highest BCUT2D eigenvalue weighted by Gasteiger charge is 1.99. The normalized spacial score (nSPS) is 11.3. The van der Waals surface area contributed by atoms with E-state index >= 15 is 0 Å². The average Bonchev–Trinajstić information content (AvgIpc) is 2.41. The fourth-order valence-corrected chi connectivity index (χ4v) is 1.86. The van der Waals surface area contributed by atoms with E-state index in [0.717, 1.165) is 23.0 Å². The highest BCUT2D eigenvalue weighted by atomic mass is 35.5. The molecule has 0 radical (unpaired) electrons. The topological polar surface area (TPSA) is 17.1 Å². The zero-order valence-electron chi connectivity index (χ0n) is 9.84. The number of benzene rings is 2. The lowest BCUT2D eigenvalue weighted by molar-refractivity contribution is -0.104. The Morgan fingerprint density at radius 2 is 1.67 bits per heavy atom. The molecule has 0 spiro atoms. The predicted octanol–water partition coefficient (Wildman–Crippen LogP) is 4.17. The minimum absolute atomic E-state index is 0.646. The van der Waals surface area contributed by atoms with Gasteiger partial charge in [-0.15, -0.1) is 0 Å². The fourth-order valence-electron chi connectivity index (χ4n) is 1.73. The summed E-state index contributed by atoms with van der Waals surface area (Å²) in [5.41, 5.74) is 2.87. The molecular weight excluding hydrogens is 244 g/mol. The molecule has 0 aliphatic heterocycles. The minimum atomic E-state index is 0.646. The Kier molecular flexibility index (Phi) is 4.32. The maximum atomic E-state index is 11.1. The monoisotopic (exact) mass is 256 g/mol. The molecule has 90 valence electrons. The van der Waals surface area contributed by atoms with Crippen LogP contribution in [-0.2, 0) is 11.2 Å². The van der Waals surface area contributed by atoms with Gasteiger partial charge in [0, 0.05) is 11.4 Å². The van der Waals surface area contributed by atoms with E-state index in [-0.39, 0.29) is 0 Å².